The molecular formula is C32H39N7. The number of nitrogens with zero attached hydrogens (tertiary/aromatic N) is 4. The lowest BCUT2D eigenvalue weighted by atomic mass is 9.91. The smallest absolute Gasteiger partial charge is 0.116 e. The van der Waals surface area contributed by atoms with Gasteiger partial charge in [-0.2, -0.15) is 5.10 Å². The fraction of sp³-hybridized carbons (Fsp3) is 0.344. The predicted molar refractivity (Wildman–Crippen MR) is 162 cm³/mol. The number of H-pyrrole nitrogens is 2. The number of hydrogen-bond acceptors (Lipinski definition) is 5. The van der Waals surface area contributed by atoms with Crippen molar-refractivity contribution in [3.63, 3.8) is 0 Å². The van der Waals surface area contributed by atoms with Gasteiger partial charge in [-0.1, -0.05) is 40.0 Å². The second-order valence-corrected chi connectivity index (χ2v) is 11.7. The van der Waals surface area contributed by atoms with Gasteiger partial charge in [0.25, 0.3) is 0 Å². The van der Waals surface area contributed by atoms with Gasteiger partial charge in [-0.15, -0.1) is 0 Å². The molecule has 0 saturated carbocycles. The lowest BCUT2D eigenvalue weighted by Crippen LogP contribution is -2.28. The summed E-state index contributed by atoms with van der Waals surface area (Å²) < 4.78 is 0. The van der Waals surface area contributed by atoms with Crippen LogP contribution in [0, 0.1) is 12.3 Å². The van der Waals surface area contributed by atoms with Crippen molar-refractivity contribution < 1.29 is 0 Å². The zero-order valence-corrected chi connectivity index (χ0v) is 23.6. The molecule has 0 amide bonds. The number of nitrogens with one attached hydrogen (secondary N) is 3. The fourth-order valence-corrected chi connectivity index (χ4v) is 5.38. The standard InChI is InChI=1S/C32H39N7/c1-7-11-30(39-12-9-8-10-13-39)25-15-28(36-22(25)3)31-26-16-27(34-20-29(26)37-38-31)23-14-24(19-33-18-23)35-21(2)17-32(4,5)6/h7,11,14-16,18-20,35-36H,1-2,8-10,12-13,17H2,3-6H3,(H,37,38)/b30-11+. The Bertz CT molecular complexity index is 1520. The van der Waals surface area contributed by atoms with Gasteiger partial charge < -0.3 is 15.2 Å². The highest BCUT2D eigenvalue weighted by molar-refractivity contribution is 5.94. The highest BCUT2D eigenvalue weighted by Gasteiger charge is 2.20. The molecule has 1 saturated heterocycles. The minimum Gasteiger partial charge on any atom is -0.371 e. The van der Waals surface area contributed by atoms with Gasteiger partial charge in [-0.05, 0) is 62.3 Å². The van der Waals surface area contributed by atoms with Gasteiger partial charge in [0.05, 0.1) is 35.0 Å². The molecule has 0 aromatic carbocycles. The van der Waals surface area contributed by atoms with Crippen LogP contribution in [-0.2, 0) is 0 Å². The molecule has 7 nitrogen and oxygen atoms in total. The average Bonchev–Trinajstić information content (AvgIpc) is 3.49. The highest BCUT2D eigenvalue weighted by atomic mass is 15.1. The maximum atomic E-state index is 4.70. The Morgan fingerprint density at radius 1 is 1.10 bits per heavy atom. The third-order valence-corrected chi connectivity index (χ3v) is 7.06. The predicted octanol–water partition coefficient (Wildman–Crippen LogP) is 7.70. The van der Waals surface area contributed by atoms with Crippen molar-refractivity contribution in [1.29, 1.82) is 0 Å². The summed E-state index contributed by atoms with van der Waals surface area (Å²) in [6, 6.07) is 6.36. The SMILES string of the molecule is C=C/C=C(\c1cc(-c2n[nH]c3cnc(-c4cncc(NC(=C)CC(C)(C)C)c4)cc23)[nH]c1C)N1CCCCC1. The van der Waals surface area contributed by atoms with Gasteiger partial charge >= 0.3 is 0 Å². The first kappa shape index (κ1) is 26.5. The van der Waals surface area contributed by atoms with Crippen LogP contribution in [0.3, 0.4) is 0 Å². The van der Waals surface area contributed by atoms with Gasteiger partial charge in [0.15, 0.2) is 0 Å². The number of piperidine rings is 1. The molecular weight excluding hydrogens is 482 g/mol. The van der Waals surface area contributed by atoms with Crippen molar-refractivity contribution in [2.75, 3.05) is 18.4 Å². The van der Waals surface area contributed by atoms with E-state index in [1.165, 1.54) is 30.5 Å². The Morgan fingerprint density at radius 2 is 1.90 bits per heavy atom. The van der Waals surface area contributed by atoms with Crippen LogP contribution in [-0.4, -0.2) is 43.1 Å². The molecule has 39 heavy (non-hydrogen) atoms. The van der Waals surface area contributed by atoms with E-state index in [-0.39, 0.29) is 5.41 Å². The van der Waals surface area contributed by atoms with Gasteiger partial charge in [0, 0.05) is 52.9 Å². The van der Waals surface area contributed by atoms with E-state index in [1.807, 2.05) is 24.7 Å². The molecule has 5 heterocycles. The second kappa shape index (κ2) is 10.9. The molecule has 4 aromatic rings. The number of fused-ring (bicyclic) bond motifs is 1. The van der Waals surface area contributed by atoms with Crippen LogP contribution < -0.4 is 5.32 Å². The number of aromatic amines is 2. The summed E-state index contributed by atoms with van der Waals surface area (Å²) in [6.45, 7) is 19.1. The largest absolute Gasteiger partial charge is 0.371 e. The Hall–Kier alpha value is -4.13. The Labute approximate surface area is 231 Å². The summed E-state index contributed by atoms with van der Waals surface area (Å²) in [4.78, 5) is 15.2. The van der Waals surface area contributed by atoms with E-state index in [0.29, 0.717) is 0 Å². The van der Waals surface area contributed by atoms with Crippen molar-refractivity contribution in [3.05, 3.63) is 79.1 Å². The molecule has 5 rings (SSSR count). The van der Waals surface area contributed by atoms with E-state index in [9.17, 15) is 0 Å². The number of anilines is 1. The Morgan fingerprint density at radius 3 is 2.64 bits per heavy atom. The summed E-state index contributed by atoms with van der Waals surface area (Å²) >= 11 is 0. The molecule has 0 bridgehead atoms. The van der Waals surface area contributed by atoms with Crippen LogP contribution in [0.2, 0.25) is 0 Å². The zero-order chi connectivity index (χ0) is 27.6. The maximum absolute atomic E-state index is 4.70. The molecule has 0 spiro atoms. The summed E-state index contributed by atoms with van der Waals surface area (Å²) in [6.07, 6.45) is 14.1. The van der Waals surface area contributed by atoms with Crippen molar-refractivity contribution in [3.8, 4) is 22.6 Å². The van der Waals surface area contributed by atoms with Crippen LogP contribution >= 0.6 is 0 Å². The summed E-state index contributed by atoms with van der Waals surface area (Å²) in [5, 5.41) is 12.3. The van der Waals surface area contributed by atoms with Gasteiger partial charge in [-0.3, -0.25) is 15.1 Å². The molecule has 7 heteroatoms. The second-order valence-electron chi connectivity index (χ2n) is 11.7. The lowest BCUT2D eigenvalue weighted by Gasteiger charge is -2.31. The van der Waals surface area contributed by atoms with Crippen LogP contribution in [0.15, 0.2) is 67.8 Å². The summed E-state index contributed by atoms with van der Waals surface area (Å²) in [5.41, 5.74) is 10.1. The first-order valence-corrected chi connectivity index (χ1v) is 13.7. The molecule has 202 valence electrons. The first-order valence-electron chi connectivity index (χ1n) is 13.7. The van der Waals surface area contributed by atoms with Crippen LogP contribution in [0.25, 0.3) is 39.2 Å². The van der Waals surface area contributed by atoms with E-state index >= 15 is 0 Å². The van der Waals surface area contributed by atoms with Crippen molar-refractivity contribution in [2.24, 2.45) is 5.41 Å². The number of aryl methyl sites for hydroxylation is 1. The zero-order valence-electron chi connectivity index (χ0n) is 23.6. The molecule has 1 fully saturated rings. The quantitative estimate of drug-likeness (QED) is 0.207. The number of rotatable bonds is 8. The minimum absolute atomic E-state index is 0.158. The van der Waals surface area contributed by atoms with Crippen LogP contribution in [0.5, 0.6) is 0 Å². The highest BCUT2D eigenvalue weighted by Crippen LogP contribution is 2.34. The fourth-order valence-electron chi connectivity index (χ4n) is 5.38. The minimum atomic E-state index is 0.158. The van der Waals surface area contributed by atoms with E-state index in [1.54, 1.807) is 0 Å². The molecule has 0 unspecified atom stereocenters. The molecule has 0 aliphatic carbocycles. The van der Waals surface area contributed by atoms with E-state index in [4.69, 9.17) is 4.98 Å². The Kier molecular flexibility index (Phi) is 7.42. The molecule has 1 aliphatic heterocycles. The van der Waals surface area contributed by atoms with Crippen molar-refractivity contribution >= 4 is 22.3 Å². The molecule has 4 aromatic heterocycles. The maximum Gasteiger partial charge on any atom is 0.116 e. The third-order valence-electron chi connectivity index (χ3n) is 7.06. The summed E-state index contributed by atoms with van der Waals surface area (Å²) in [7, 11) is 0. The van der Waals surface area contributed by atoms with E-state index in [2.05, 4.69) is 95.5 Å². The lowest BCUT2D eigenvalue weighted by molar-refractivity contribution is 0.326. The van der Waals surface area contributed by atoms with Gasteiger partial charge in [0.2, 0.25) is 0 Å². The topological polar surface area (TPSA) is 85.5 Å². The Balaban J connectivity index is 1.46. The summed E-state index contributed by atoms with van der Waals surface area (Å²) in [5.74, 6) is 0. The first-order chi connectivity index (χ1) is 18.7. The third kappa shape index (κ3) is 5.98. The number of likely N-dealkylation sites (tertiary alicyclic amines) is 1. The molecule has 0 radical (unpaired) electrons. The monoisotopic (exact) mass is 521 g/mol. The van der Waals surface area contributed by atoms with Crippen molar-refractivity contribution in [1.82, 2.24) is 30.0 Å². The normalized spacial score (nSPS) is 14.6. The van der Waals surface area contributed by atoms with Crippen LogP contribution in [0.1, 0.15) is 57.7 Å². The molecule has 1 aliphatic rings. The van der Waals surface area contributed by atoms with Crippen LogP contribution in [0.4, 0.5) is 5.69 Å². The van der Waals surface area contributed by atoms with Gasteiger partial charge in [-0.25, -0.2) is 0 Å². The molecule has 3 N–H and O–H groups in total. The number of hydrogen-bond donors (Lipinski definition) is 3. The number of allylic oxidation sites excluding steroid dienone is 3. The van der Waals surface area contributed by atoms with Gasteiger partial charge in [0.1, 0.15) is 5.69 Å². The average molecular weight is 522 g/mol. The van der Waals surface area contributed by atoms with Crippen molar-refractivity contribution in [2.45, 2.75) is 53.4 Å². The number of aromatic nitrogens is 5. The van der Waals surface area contributed by atoms with E-state index in [0.717, 1.165) is 70.1 Å². The van der Waals surface area contributed by atoms with E-state index < -0.39 is 0 Å². The number of pyridine rings is 2. The molecule has 0 atom stereocenters.